The third-order valence-electron chi connectivity index (χ3n) is 2.13. The van der Waals surface area contributed by atoms with Crippen LogP contribution in [0, 0.1) is 34.0 Å². The Balaban J connectivity index is 5.27. The van der Waals surface area contributed by atoms with Crippen molar-refractivity contribution in [3.8, 4) is 12.1 Å². The van der Waals surface area contributed by atoms with Gasteiger partial charge in [-0.15, -0.1) is 0 Å². The molecule has 0 aliphatic rings. The molecule has 0 spiro atoms. The largest absolute Gasteiger partial charge is 0.512 e. The third-order valence-corrected chi connectivity index (χ3v) is 2.13. The summed E-state index contributed by atoms with van der Waals surface area (Å²) in [6.07, 6.45) is 0. The summed E-state index contributed by atoms with van der Waals surface area (Å²) in [5, 5.41) is 26.7. The lowest BCUT2D eigenvalue weighted by molar-refractivity contribution is -0.154. The first-order valence-electron chi connectivity index (χ1n) is 4.29. The Kier molecular flexibility index (Phi) is 4.34. The second-order valence-electron chi connectivity index (χ2n) is 3.06. The lowest BCUT2D eigenvalue weighted by Gasteiger charge is -2.26. The Morgan fingerprint density at radius 1 is 1.60 bits per heavy atom. The van der Waals surface area contributed by atoms with Gasteiger partial charge in [0.05, 0.1) is 18.7 Å². The van der Waals surface area contributed by atoms with Crippen molar-refractivity contribution >= 4 is 5.97 Å². The summed E-state index contributed by atoms with van der Waals surface area (Å²) in [6.45, 7) is 6.15. The molecular formula is C10H12N2O3. The SMILES string of the molecule is C=C(O)C(C)(C(=O)OCC)C(C#N)C#N. The first-order valence-corrected chi connectivity index (χ1v) is 4.29. The standard InChI is InChI=1S/C10H12N2O3/c1-4-15-9(14)10(3,7(2)13)8(5-11)6-12/h8,13H,2,4H2,1,3H3. The molecule has 15 heavy (non-hydrogen) atoms. The van der Waals surface area contributed by atoms with Crippen molar-refractivity contribution in [2.24, 2.45) is 11.3 Å². The zero-order valence-electron chi connectivity index (χ0n) is 8.65. The van der Waals surface area contributed by atoms with Crippen molar-refractivity contribution in [2.75, 3.05) is 6.61 Å². The zero-order valence-corrected chi connectivity index (χ0v) is 8.65. The molecule has 0 radical (unpaired) electrons. The van der Waals surface area contributed by atoms with E-state index in [0.29, 0.717) is 0 Å². The van der Waals surface area contributed by atoms with E-state index in [0.717, 1.165) is 0 Å². The van der Waals surface area contributed by atoms with E-state index >= 15 is 0 Å². The van der Waals surface area contributed by atoms with E-state index in [1.807, 2.05) is 0 Å². The molecule has 0 bridgehead atoms. The normalized spacial score (nSPS) is 13.4. The molecule has 0 rings (SSSR count). The topological polar surface area (TPSA) is 94.1 Å². The molecule has 0 aromatic heterocycles. The van der Waals surface area contributed by atoms with E-state index < -0.39 is 23.1 Å². The minimum absolute atomic E-state index is 0.102. The molecule has 0 aromatic rings. The van der Waals surface area contributed by atoms with Crippen LogP contribution in [0.1, 0.15) is 13.8 Å². The van der Waals surface area contributed by atoms with Gasteiger partial charge in [-0.05, 0) is 13.8 Å². The van der Waals surface area contributed by atoms with Gasteiger partial charge in [0.2, 0.25) is 0 Å². The first-order chi connectivity index (χ1) is 6.94. The van der Waals surface area contributed by atoms with Crippen LogP contribution < -0.4 is 0 Å². The maximum Gasteiger partial charge on any atom is 0.321 e. The fraction of sp³-hybridized carbons (Fsp3) is 0.500. The van der Waals surface area contributed by atoms with Crippen molar-refractivity contribution in [1.82, 2.24) is 0 Å². The third kappa shape index (κ3) is 2.26. The number of esters is 1. The summed E-state index contributed by atoms with van der Waals surface area (Å²) >= 11 is 0. The maximum atomic E-state index is 11.5. The van der Waals surface area contributed by atoms with Gasteiger partial charge in [0.15, 0.2) is 11.3 Å². The van der Waals surface area contributed by atoms with E-state index in [4.69, 9.17) is 15.3 Å². The fourth-order valence-corrected chi connectivity index (χ4v) is 0.970. The monoisotopic (exact) mass is 208 g/mol. The number of carbonyl (C=O) groups excluding carboxylic acids is 1. The zero-order chi connectivity index (χ0) is 12.1. The van der Waals surface area contributed by atoms with Gasteiger partial charge in [0.1, 0.15) is 5.76 Å². The van der Waals surface area contributed by atoms with E-state index in [2.05, 4.69) is 6.58 Å². The van der Waals surface area contributed by atoms with Crippen LogP contribution in [-0.4, -0.2) is 17.7 Å². The van der Waals surface area contributed by atoms with Gasteiger partial charge in [-0.1, -0.05) is 6.58 Å². The summed E-state index contributed by atoms with van der Waals surface area (Å²) in [7, 11) is 0. The van der Waals surface area contributed by atoms with Gasteiger partial charge in [-0.3, -0.25) is 4.79 Å². The van der Waals surface area contributed by atoms with E-state index in [9.17, 15) is 9.90 Å². The molecule has 80 valence electrons. The predicted molar refractivity (Wildman–Crippen MR) is 51.2 cm³/mol. The molecule has 0 heterocycles. The molecular weight excluding hydrogens is 196 g/mol. The molecule has 0 saturated heterocycles. The van der Waals surface area contributed by atoms with Crippen LogP contribution in [0.2, 0.25) is 0 Å². The summed E-state index contributed by atoms with van der Waals surface area (Å²) in [5.74, 6) is -2.70. The Hall–Kier alpha value is -2.01. The summed E-state index contributed by atoms with van der Waals surface area (Å²) < 4.78 is 4.69. The summed E-state index contributed by atoms with van der Waals surface area (Å²) in [4.78, 5) is 11.5. The van der Waals surface area contributed by atoms with Crippen LogP contribution in [0.5, 0.6) is 0 Å². The Labute approximate surface area is 88.2 Å². The Morgan fingerprint density at radius 3 is 2.33 bits per heavy atom. The highest BCUT2D eigenvalue weighted by atomic mass is 16.5. The van der Waals surface area contributed by atoms with Crippen LogP contribution in [0.4, 0.5) is 0 Å². The molecule has 1 N–H and O–H groups in total. The van der Waals surface area contributed by atoms with Crippen molar-refractivity contribution in [1.29, 1.82) is 10.5 Å². The second-order valence-corrected chi connectivity index (χ2v) is 3.06. The molecule has 5 heteroatoms. The molecule has 0 saturated carbocycles. The van der Waals surface area contributed by atoms with Gasteiger partial charge >= 0.3 is 5.97 Å². The van der Waals surface area contributed by atoms with Gasteiger partial charge in [0, 0.05) is 0 Å². The highest BCUT2D eigenvalue weighted by Gasteiger charge is 2.46. The van der Waals surface area contributed by atoms with Crippen LogP contribution in [0.15, 0.2) is 12.3 Å². The minimum atomic E-state index is -1.69. The van der Waals surface area contributed by atoms with Gasteiger partial charge in [0.25, 0.3) is 0 Å². The van der Waals surface area contributed by atoms with E-state index in [-0.39, 0.29) is 6.61 Å². The van der Waals surface area contributed by atoms with Gasteiger partial charge in [-0.2, -0.15) is 10.5 Å². The lowest BCUT2D eigenvalue weighted by atomic mass is 9.77. The molecule has 0 fully saturated rings. The molecule has 0 aromatic carbocycles. The van der Waals surface area contributed by atoms with Crippen LogP contribution >= 0.6 is 0 Å². The average Bonchev–Trinajstić information content (AvgIpc) is 2.19. The average molecular weight is 208 g/mol. The van der Waals surface area contributed by atoms with Crippen molar-refractivity contribution in [2.45, 2.75) is 13.8 Å². The number of nitriles is 2. The van der Waals surface area contributed by atoms with Crippen molar-refractivity contribution < 1.29 is 14.6 Å². The molecule has 1 unspecified atom stereocenters. The first kappa shape index (κ1) is 13.0. The maximum absolute atomic E-state index is 11.5. The number of aliphatic hydroxyl groups is 1. The van der Waals surface area contributed by atoms with Crippen molar-refractivity contribution in [3.63, 3.8) is 0 Å². The lowest BCUT2D eigenvalue weighted by Crippen LogP contribution is -2.38. The van der Waals surface area contributed by atoms with E-state index in [1.54, 1.807) is 19.1 Å². The number of aliphatic hydroxyl groups excluding tert-OH is 1. The summed E-state index contributed by atoms with van der Waals surface area (Å²) in [5.41, 5.74) is -1.69. The fourth-order valence-electron chi connectivity index (χ4n) is 0.970. The molecule has 0 aliphatic carbocycles. The second kappa shape index (κ2) is 5.02. The molecule has 0 amide bonds. The number of hydrogen-bond acceptors (Lipinski definition) is 5. The van der Waals surface area contributed by atoms with Crippen LogP contribution in [0.25, 0.3) is 0 Å². The number of ether oxygens (including phenoxy) is 1. The van der Waals surface area contributed by atoms with Crippen LogP contribution in [0.3, 0.4) is 0 Å². The van der Waals surface area contributed by atoms with E-state index in [1.165, 1.54) is 6.92 Å². The number of carbonyl (C=O) groups is 1. The Morgan fingerprint density at radius 2 is 2.07 bits per heavy atom. The predicted octanol–water partition coefficient (Wildman–Crippen LogP) is 1.29. The molecule has 1 atom stereocenters. The smallest absolute Gasteiger partial charge is 0.321 e. The van der Waals surface area contributed by atoms with Crippen molar-refractivity contribution in [3.05, 3.63) is 12.3 Å². The Bertz CT molecular complexity index is 337. The highest BCUT2D eigenvalue weighted by Crippen LogP contribution is 2.34. The number of nitrogens with zero attached hydrogens (tertiary/aromatic N) is 2. The molecule has 5 nitrogen and oxygen atoms in total. The number of rotatable bonds is 4. The number of hydrogen-bond donors (Lipinski definition) is 1. The quantitative estimate of drug-likeness (QED) is 0.554. The van der Waals surface area contributed by atoms with Gasteiger partial charge < -0.3 is 9.84 Å². The molecule has 0 aliphatic heterocycles. The minimum Gasteiger partial charge on any atom is -0.512 e. The van der Waals surface area contributed by atoms with Crippen LogP contribution in [-0.2, 0) is 9.53 Å². The highest BCUT2D eigenvalue weighted by molar-refractivity contribution is 5.80. The van der Waals surface area contributed by atoms with Gasteiger partial charge in [-0.25, -0.2) is 0 Å². The summed E-state index contributed by atoms with van der Waals surface area (Å²) in [6, 6.07) is 3.26.